The molecule has 0 saturated carbocycles. The zero-order valence-corrected chi connectivity index (χ0v) is 10.1. The van der Waals surface area contributed by atoms with Crippen LogP contribution in [0.15, 0.2) is 30.3 Å². The maximum Gasteiger partial charge on any atom is 0.225 e. The summed E-state index contributed by atoms with van der Waals surface area (Å²) in [5.41, 5.74) is 6.37. The van der Waals surface area contributed by atoms with Crippen molar-refractivity contribution >= 4 is 17.5 Å². The normalized spacial score (nSPS) is 10.2. The van der Waals surface area contributed by atoms with Gasteiger partial charge in [-0.2, -0.15) is 9.97 Å². The Morgan fingerprint density at radius 3 is 2.50 bits per heavy atom. The number of nitrogens with two attached hydrogens (primary N) is 1. The number of nitrogens with zero attached hydrogens (tertiary/aromatic N) is 3. The Labute approximate surface area is 104 Å². The van der Waals surface area contributed by atoms with Gasteiger partial charge in [0.1, 0.15) is 11.6 Å². The number of anilines is 3. The van der Waals surface area contributed by atoms with Crippen LogP contribution in [0.1, 0.15) is 0 Å². The second kappa shape index (κ2) is 4.87. The summed E-state index contributed by atoms with van der Waals surface area (Å²) >= 11 is 0. The van der Waals surface area contributed by atoms with Crippen molar-refractivity contribution in [2.24, 2.45) is 0 Å². The van der Waals surface area contributed by atoms with Gasteiger partial charge >= 0.3 is 0 Å². The molecule has 2 aromatic rings. The molecular weight excluding hydrogens is 235 g/mol. The SMILES string of the molecule is COc1cc(N(C)c2ccc(F)cc2)nc(N)n1. The van der Waals surface area contributed by atoms with E-state index in [-0.39, 0.29) is 11.8 Å². The molecule has 0 atom stereocenters. The highest BCUT2D eigenvalue weighted by Crippen LogP contribution is 2.24. The largest absolute Gasteiger partial charge is 0.481 e. The summed E-state index contributed by atoms with van der Waals surface area (Å²) in [5, 5.41) is 0. The average Bonchev–Trinajstić information content (AvgIpc) is 2.38. The predicted octanol–water partition coefficient (Wildman–Crippen LogP) is 1.97. The molecule has 18 heavy (non-hydrogen) atoms. The molecule has 0 unspecified atom stereocenters. The van der Waals surface area contributed by atoms with Crippen LogP contribution in [0.5, 0.6) is 5.88 Å². The Bertz CT molecular complexity index is 544. The minimum Gasteiger partial charge on any atom is -0.481 e. The molecule has 0 aliphatic carbocycles. The predicted molar refractivity (Wildman–Crippen MR) is 67.5 cm³/mol. The molecule has 5 nitrogen and oxygen atoms in total. The van der Waals surface area contributed by atoms with Gasteiger partial charge in [-0.15, -0.1) is 0 Å². The number of ether oxygens (including phenoxy) is 1. The quantitative estimate of drug-likeness (QED) is 0.899. The maximum absolute atomic E-state index is 12.9. The molecular formula is C12H13FN4O. The van der Waals surface area contributed by atoms with E-state index in [1.807, 2.05) is 0 Å². The Balaban J connectivity index is 2.35. The Kier molecular flexibility index (Phi) is 3.27. The molecule has 2 N–H and O–H groups in total. The van der Waals surface area contributed by atoms with Gasteiger partial charge in [-0.1, -0.05) is 0 Å². The minimum atomic E-state index is -0.285. The third-order valence-corrected chi connectivity index (χ3v) is 2.47. The third kappa shape index (κ3) is 2.48. The van der Waals surface area contributed by atoms with E-state index in [0.717, 1.165) is 5.69 Å². The number of rotatable bonds is 3. The second-order valence-electron chi connectivity index (χ2n) is 3.66. The maximum atomic E-state index is 12.9. The van der Waals surface area contributed by atoms with Gasteiger partial charge in [0.05, 0.1) is 7.11 Å². The van der Waals surface area contributed by atoms with Crippen molar-refractivity contribution in [2.75, 3.05) is 24.8 Å². The van der Waals surface area contributed by atoms with Gasteiger partial charge in [-0.05, 0) is 24.3 Å². The van der Waals surface area contributed by atoms with Crippen LogP contribution in [0.25, 0.3) is 0 Å². The molecule has 6 heteroatoms. The van der Waals surface area contributed by atoms with Crippen molar-refractivity contribution in [3.63, 3.8) is 0 Å². The summed E-state index contributed by atoms with van der Waals surface area (Å²) in [5.74, 6) is 0.794. The van der Waals surface area contributed by atoms with E-state index in [1.165, 1.54) is 19.2 Å². The highest BCUT2D eigenvalue weighted by molar-refractivity contribution is 5.60. The van der Waals surface area contributed by atoms with E-state index in [2.05, 4.69) is 9.97 Å². The van der Waals surface area contributed by atoms with Crippen LogP contribution in [0.2, 0.25) is 0 Å². The van der Waals surface area contributed by atoms with E-state index in [4.69, 9.17) is 10.5 Å². The number of aromatic nitrogens is 2. The number of hydrogen-bond donors (Lipinski definition) is 1. The van der Waals surface area contributed by atoms with Gasteiger partial charge in [0.2, 0.25) is 11.8 Å². The summed E-state index contributed by atoms with van der Waals surface area (Å²) in [7, 11) is 3.30. The van der Waals surface area contributed by atoms with E-state index < -0.39 is 0 Å². The van der Waals surface area contributed by atoms with Gasteiger partial charge in [0, 0.05) is 18.8 Å². The molecule has 0 saturated heterocycles. The van der Waals surface area contributed by atoms with E-state index in [1.54, 1.807) is 30.1 Å². The fourth-order valence-corrected chi connectivity index (χ4v) is 1.50. The fourth-order valence-electron chi connectivity index (χ4n) is 1.50. The fraction of sp³-hybridized carbons (Fsp3) is 0.167. The molecule has 0 amide bonds. The molecule has 0 aliphatic heterocycles. The summed E-state index contributed by atoms with van der Waals surface area (Å²) in [4.78, 5) is 9.76. The lowest BCUT2D eigenvalue weighted by atomic mass is 10.3. The smallest absolute Gasteiger partial charge is 0.225 e. The molecule has 94 valence electrons. The average molecular weight is 248 g/mol. The summed E-state index contributed by atoms with van der Waals surface area (Å²) in [6.07, 6.45) is 0. The zero-order valence-electron chi connectivity index (χ0n) is 10.1. The number of halogens is 1. The molecule has 0 bridgehead atoms. The van der Waals surface area contributed by atoms with Gasteiger partial charge in [0.15, 0.2) is 0 Å². The van der Waals surface area contributed by atoms with Crippen LogP contribution in [-0.4, -0.2) is 24.1 Å². The van der Waals surface area contributed by atoms with Gasteiger partial charge < -0.3 is 15.4 Å². The number of nitrogen functional groups attached to an aromatic ring is 1. The summed E-state index contributed by atoms with van der Waals surface area (Å²) in [6, 6.07) is 7.72. The van der Waals surface area contributed by atoms with Crippen LogP contribution in [0, 0.1) is 5.82 Å². The lowest BCUT2D eigenvalue weighted by molar-refractivity contribution is 0.398. The van der Waals surface area contributed by atoms with Crippen molar-refractivity contribution in [3.8, 4) is 5.88 Å². The first-order valence-corrected chi connectivity index (χ1v) is 5.28. The molecule has 2 rings (SSSR count). The topological polar surface area (TPSA) is 64.3 Å². The molecule has 0 aliphatic rings. The van der Waals surface area contributed by atoms with E-state index in [0.29, 0.717) is 11.7 Å². The highest BCUT2D eigenvalue weighted by atomic mass is 19.1. The minimum absolute atomic E-state index is 0.123. The van der Waals surface area contributed by atoms with Crippen LogP contribution in [-0.2, 0) is 0 Å². The second-order valence-corrected chi connectivity index (χ2v) is 3.66. The Hall–Kier alpha value is -2.37. The Morgan fingerprint density at radius 2 is 1.89 bits per heavy atom. The standard InChI is InChI=1S/C12H13FN4O/c1-17(9-5-3-8(13)4-6-9)10-7-11(18-2)16-12(14)15-10/h3-7H,1-2H3,(H2,14,15,16). The van der Waals surface area contributed by atoms with Gasteiger partial charge in [0.25, 0.3) is 0 Å². The van der Waals surface area contributed by atoms with Gasteiger partial charge in [-0.3, -0.25) is 0 Å². The van der Waals surface area contributed by atoms with Crippen molar-refractivity contribution in [2.45, 2.75) is 0 Å². The zero-order chi connectivity index (χ0) is 13.1. The molecule has 1 heterocycles. The van der Waals surface area contributed by atoms with Crippen molar-refractivity contribution in [3.05, 3.63) is 36.1 Å². The van der Waals surface area contributed by atoms with Crippen LogP contribution in [0.4, 0.5) is 21.8 Å². The van der Waals surface area contributed by atoms with Gasteiger partial charge in [-0.25, -0.2) is 4.39 Å². The third-order valence-electron chi connectivity index (χ3n) is 2.47. The van der Waals surface area contributed by atoms with E-state index >= 15 is 0 Å². The van der Waals surface area contributed by atoms with Crippen LogP contribution >= 0.6 is 0 Å². The van der Waals surface area contributed by atoms with Crippen molar-refractivity contribution < 1.29 is 9.13 Å². The molecule has 0 spiro atoms. The summed E-state index contributed by atoms with van der Waals surface area (Å²) in [6.45, 7) is 0. The van der Waals surface area contributed by atoms with Crippen molar-refractivity contribution in [1.29, 1.82) is 0 Å². The van der Waals surface area contributed by atoms with Crippen LogP contribution in [0.3, 0.4) is 0 Å². The highest BCUT2D eigenvalue weighted by Gasteiger charge is 2.09. The lowest BCUT2D eigenvalue weighted by Gasteiger charge is -2.18. The van der Waals surface area contributed by atoms with E-state index in [9.17, 15) is 4.39 Å². The number of benzene rings is 1. The first-order valence-electron chi connectivity index (χ1n) is 5.28. The Morgan fingerprint density at radius 1 is 1.22 bits per heavy atom. The van der Waals surface area contributed by atoms with Crippen LogP contribution < -0.4 is 15.4 Å². The summed E-state index contributed by atoms with van der Waals surface area (Å²) < 4.78 is 17.9. The first kappa shape index (κ1) is 12.1. The molecule has 1 aromatic carbocycles. The molecule has 1 aromatic heterocycles. The molecule has 0 fully saturated rings. The molecule has 0 radical (unpaired) electrons. The monoisotopic (exact) mass is 248 g/mol. The van der Waals surface area contributed by atoms with Crippen molar-refractivity contribution in [1.82, 2.24) is 9.97 Å². The number of hydrogen-bond acceptors (Lipinski definition) is 5. The first-order chi connectivity index (χ1) is 8.60. The number of methoxy groups -OCH3 is 1. The lowest BCUT2D eigenvalue weighted by Crippen LogP contribution is -2.13.